The van der Waals surface area contributed by atoms with Gasteiger partial charge >= 0.3 is 0 Å². The average molecular weight is 384 g/mol. The van der Waals surface area contributed by atoms with Gasteiger partial charge in [0.25, 0.3) is 5.91 Å². The van der Waals surface area contributed by atoms with Gasteiger partial charge in [-0.2, -0.15) is 4.98 Å². The number of hydrogen-bond donors (Lipinski definition) is 1. The fourth-order valence-electron chi connectivity index (χ4n) is 2.45. The molecule has 0 saturated carbocycles. The summed E-state index contributed by atoms with van der Waals surface area (Å²) >= 11 is 3.18. The van der Waals surface area contributed by atoms with Crippen LogP contribution in [0.5, 0.6) is 0 Å². The Kier molecular flexibility index (Phi) is 4.79. The van der Waals surface area contributed by atoms with Crippen molar-refractivity contribution in [3.63, 3.8) is 0 Å². The Bertz CT molecular complexity index is 686. The van der Waals surface area contributed by atoms with Crippen LogP contribution in [0.3, 0.4) is 0 Å². The Labute approximate surface area is 141 Å². The number of nitrogens with zero attached hydrogens (tertiary/aromatic N) is 4. The molecule has 0 aromatic carbocycles. The molecule has 3 heterocycles. The van der Waals surface area contributed by atoms with Crippen molar-refractivity contribution in [1.29, 1.82) is 0 Å². The molecule has 0 spiro atoms. The molecule has 1 aliphatic heterocycles. The lowest BCUT2D eigenvalue weighted by Gasteiger charge is -2.30. The smallest absolute Gasteiger partial charge is 0.289 e. The van der Waals surface area contributed by atoms with Crippen LogP contribution in [0.1, 0.15) is 28.3 Å². The first-order valence-corrected chi connectivity index (χ1v) is 8.08. The SMILES string of the molecule is CN(Cc1nc(C2CNCCN2C)no1)C(=O)c1ccc(Br)o1. The van der Waals surface area contributed by atoms with Crippen LogP contribution in [0.15, 0.2) is 25.7 Å². The highest BCUT2D eigenvalue weighted by Gasteiger charge is 2.26. The molecule has 9 heteroatoms. The third kappa shape index (κ3) is 3.62. The van der Waals surface area contributed by atoms with E-state index in [1.165, 1.54) is 4.90 Å². The van der Waals surface area contributed by atoms with Crippen LogP contribution in [0.2, 0.25) is 0 Å². The van der Waals surface area contributed by atoms with Gasteiger partial charge in [-0.1, -0.05) is 5.16 Å². The van der Waals surface area contributed by atoms with Crippen LogP contribution in [0, 0.1) is 0 Å². The summed E-state index contributed by atoms with van der Waals surface area (Å²) in [6.07, 6.45) is 0. The monoisotopic (exact) mass is 383 g/mol. The van der Waals surface area contributed by atoms with Gasteiger partial charge in [0.2, 0.25) is 5.89 Å². The zero-order valence-corrected chi connectivity index (χ0v) is 14.5. The maximum Gasteiger partial charge on any atom is 0.289 e. The Morgan fingerprint density at radius 1 is 1.57 bits per heavy atom. The van der Waals surface area contributed by atoms with Crippen LogP contribution in [0.25, 0.3) is 0 Å². The molecule has 0 bridgehead atoms. The number of nitrogens with one attached hydrogen (secondary N) is 1. The van der Waals surface area contributed by atoms with E-state index in [1.807, 2.05) is 7.05 Å². The number of halogens is 1. The van der Waals surface area contributed by atoms with Crippen LogP contribution in [0.4, 0.5) is 0 Å². The highest BCUT2D eigenvalue weighted by molar-refractivity contribution is 9.10. The number of piperazine rings is 1. The molecule has 23 heavy (non-hydrogen) atoms. The zero-order valence-electron chi connectivity index (χ0n) is 13.0. The number of amides is 1. The Morgan fingerprint density at radius 2 is 2.39 bits per heavy atom. The molecule has 0 radical (unpaired) electrons. The van der Waals surface area contributed by atoms with Crippen LogP contribution >= 0.6 is 15.9 Å². The lowest BCUT2D eigenvalue weighted by molar-refractivity contribution is 0.0736. The molecule has 0 aliphatic carbocycles. The molecule has 8 nitrogen and oxygen atoms in total. The number of hydrogen-bond acceptors (Lipinski definition) is 7. The molecular formula is C14H18BrN5O3. The Morgan fingerprint density at radius 3 is 3.09 bits per heavy atom. The molecule has 1 saturated heterocycles. The standard InChI is InChI=1S/C14H18BrN5O3/c1-19-6-5-16-7-9(19)13-17-12(23-18-13)8-20(2)14(21)10-3-4-11(15)22-10/h3-4,9,16H,5-8H2,1-2H3. The topological polar surface area (TPSA) is 87.6 Å². The molecule has 1 amide bonds. The average Bonchev–Trinajstić information content (AvgIpc) is 3.16. The first kappa shape index (κ1) is 16.2. The molecule has 124 valence electrons. The van der Waals surface area contributed by atoms with E-state index >= 15 is 0 Å². The summed E-state index contributed by atoms with van der Waals surface area (Å²) < 4.78 is 11.1. The van der Waals surface area contributed by atoms with Gasteiger partial charge in [-0.3, -0.25) is 9.69 Å². The van der Waals surface area contributed by atoms with Crippen LogP contribution in [-0.4, -0.2) is 59.6 Å². The molecule has 1 aliphatic rings. The predicted octanol–water partition coefficient (Wildman–Crippen LogP) is 1.27. The Hall–Kier alpha value is -1.71. The van der Waals surface area contributed by atoms with Crippen LogP contribution < -0.4 is 5.32 Å². The van der Waals surface area contributed by atoms with Crippen molar-refractivity contribution in [2.45, 2.75) is 12.6 Å². The normalized spacial score (nSPS) is 19.0. The van der Waals surface area contributed by atoms with Gasteiger partial charge in [-0.15, -0.1) is 0 Å². The zero-order chi connectivity index (χ0) is 16.4. The maximum atomic E-state index is 12.2. The van der Waals surface area contributed by atoms with Crippen molar-refractivity contribution >= 4 is 21.8 Å². The highest BCUT2D eigenvalue weighted by Crippen LogP contribution is 2.19. The van der Waals surface area contributed by atoms with Crippen molar-refractivity contribution in [2.24, 2.45) is 0 Å². The number of carbonyl (C=O) groups is 1. The van der Waals surface area contributed by atoms with Crippen molar-refractivity contribution in [3.05, 3.63) is 34.3 Å². The second kappa shape index (κ2) is 6.81. The number of carbonyl (C=O) groups excluding carboxylic acids is 1. The first-order chi connectivity index (χ1) is 11.0. The van der Waals surface area contributed by atoms with Gasteiger partial charge in [0, 0.05) is 26.7 Å². The summed E-state index contributed by atoms with van der Waals surface area (Å²) in [5.41, 5.74) is 0. The van der Waals surface area contributed by atoms with E-state index in [2.05, 4.69) is 36.3 Å². The lowest BCUT2D eigenvalue weighted by Crippen LogP contribution is -2.44. The molecular weight excluding hydrogens is 366 g/mol. The van der Waals surface area contributed by atoms with E-state index in [4.69, 9.17) is 8.94 Å². The second-order valence-electron chi connectivity index (χ2n) is 5.51. The summed E-state index contributed by atoms with van der Waals surface area (Å²) in [6.45, 7) is 2.90. The fourth-order valence-corrected chi connectivity index (χ4v) is 2.76. The minimum Gasteiger partial charge on any atom is -0.444 e. The molecule has 1 atom stereocenters. The van der Waals surface area contributed by atoms with Gasteiger partial charge in [0.1, 0.15) is 6.54 Å². The summed E-state index contributed by atoms with van der Waals surface area (Å²) in [6, 6.07) is 3.38. The van der Waals surface area contributed by atoms with Crippen molar-refractivity contribution in [1.82, 2.24) is 25.3 Å². The van der Waals surface area contributed by atoms with Crippen LogP contribution in [-0.2, 0) is 6.54 Å². The maximum absolute atomic E-state index is 12.2. The minimum absolute atomic E-state index is 0.0864. The molecule has 3 rings (SSSR count). The van der Waals surface area contributed by atoms with E-state index in [0.29, 0.717) is 16.4 Å². The summed E-state index contributed by atoms with van der Waals surface area (Å²) in [4.78, 5) is 20.3. The van der Waals surface area contributed by atoms with E-state index < -0.39 is 0 Å². The van der Waals surface area contributed by atoms with E-state index in [0.717, 1.165) is 19.6 Å². The summed E-state index contributed by atoms with van der Waals surface area (Å²) in [5, 5.41) is 7.35. The third-order valence-corrected chi connectivity index (χ3v) is 4.22. The number of aromatic nitrogens is 2. The van der Waals surface area contributed by atoms with Gasteiger partial charge in [-0.25, -0.2) is 0 Å². The van der Waals surface area contributed by atoms with Gasteiger partial charge in [0.15, 0.2) is 16.3 Å². The van der Waals surface area contributed by atoms with E-state index in [9.17, 15) is 4.79 Å². The van der Waals surface area contributed by atoms with Gasteiger partial charge in [0.05, 0.1) is 6.04 Å². The van der Waals surface area contributed by atoms with E-state index in [1.54, 1.807) is 19.2 Å². The lowest BCUT2D eigenvalue weighted by atomic mass is 10.2. The quantitative estimate of drug-likeness (QED) is 0.850. The van der Waals surface area contributed by atoms with Crippen molar-refractivity contribution in [2.75, 3.05) is 33.7 Å². The first-order valence-electron chi connectivity index (χ1n) is 7.29. The number of rotatable bonds is 4. The fraction of sp³-hybridized carbons (Fsp3) is 0.500. The summed E-state index contributed by atoms with van der Waals surface area (Å²) in [5.74, 6) is 1.05. The summed E-state index contributed by atoms with van der Waals surface area (Å²) in [7, 11) is 3.70. The second-order valence-corrected chi connectivity index (χ2v) is 6.29. The molecule has 2 aromatic rings. The minimum atomic E-state index is -0.244. The molecule has 2 aromatic heterocycles. The van der Waals surface area contributed by atoms with Gasteiger partial charge in [-0.05, 0) is 35.1 Å². The Balaban J connectivity index is 1.65. The highest BCUT2D eigenvalue weighted by atomic mass is 79.9. The number of furan rings is 1. The predicted molar refractivity (Wildman–Crippen MR) is 84.7 cm³/mol. The number of likely N-dealkylation sites (N-methyl/N-ethyl adjacent to an activating group) is 1. The van der Waals surface area contributed by atoms with E-state index in [-0.39, 0.29) is 24.3 Å². The third-order valence-electron chi connectivity index (χ3n) is 3.80. The van der Waals surface area contributed by atoms with Crippen molar-refractivity contribution < 1.29 is 13.7 Å². The largest absolute Gasteiger partial charge is 0.444 e. The molecule has 1 unspecified atom stereocenters. The van der Waals surface area contributed by atoms with Gasteiger partial charge < -0.3 is 19.2 Å². The molecule has 1 N–H and O–H groups in total. The van der Waals surface area contributed by atoms with Crippen molar-refractivity contribution in [3.8, 4) is 0 Å². The molecule has 1 fully saturated rings.